The highest BCUT2D eigenvalue weighted by atomic mass is 35.5. The third kappa shape index (κ3) is 2.66. The Morgan fingerprint density at radius 2 is 1.76 bits per heavy atom. The Kier molecular flexibility index (Phi) is 3.68. The van der Waals surface area contributed by atoms with Gasteiger partial charge in [-0.25, -0.2) is 9.97 Å². The van der Waals surface area contributed by atoms with Crippen LogP contribution in [0, 0.1) is 0 Å². The van der Waals surface area contributed by atoms with Gasteiger partial charge in [-0.2, -0.15) is 0 Å². The number of nitrogens with one attached hydrogen (secondary N) is 1. The van der Waals surface area contributed by atoms with Crippen molar-refractivity contribution < 1.29 is 4.79 Å². The van der Waals surface area contributed by atoms with Crippen LogP contribution in [-0.2, 0) is 0 Å². The van der Waals surface area contributed by atoms with Crippen molar-refractivity contribution in [2.75, 3.05) is 5.32 Å². The minimum absolute atomic E-state index is 0.0849. The predicted octanol–water partition coefficient (Wildman–Crippen LogP) is 3.58. The second kappa shape index (κ2) is 5.63. The number of benzene rings is 1. The van der Waals surface area contributed by atoms with E-state index >= 15 is 0 Å². The normalized spacial score (nSPS) is 10.6. The van der Waals surface area contributed by atoms with Gasteiger partial charge in [0.25, 0.3) is 5.91 Å². The molecule has 0 bridgehead atoms. The minimum Gasteiger partial charge on any atom is -0.317 e. The van der Waals surface area contributed by atoms with Crippen molar-refractivity contribution in [2.45, 2.75) is 0 Å². The van der Waals surface area contributed by atoms with E-state index in [1.165, 1.54) is 6.33 Å². The molecule has 3 aromatic rings. The van der Waals surface area contributed by atoms with Gasteiger partial charge in [-0.15, -0.1) is 0 Å². The lowest BCUT2D eigenvalue weighted by atomic mass is 10.1. The number of fused-ring (bicyclic) bond motifs is 1. The summed E-state index contributed by atoms with van der Waals surface area (Å²) in [5.41, 5.74) is 1.38. The van der Waals surface area contributed by atoms with Gasteiger partial charge in [-0.3, -0.25) is 9.78 Å². The molecule has 0 aliphatic rings. The van der Waals surface area contributed by atoms with Gasteiger partial charge in [0.15, 0.2) is 10.3 Å². The van der Waals surface area contributed by atoms with Crippen LogP contribution in [0.3, 0.4) is 0 Å². The van der Waals surface area contributed by atoms with Crippen molar-refractivity contribution in [3.63, 3.8) is 0 Å². The van der Waals surface area contributed by atoms with E-state index in [9.17, 15) is 4.79 Å². The number of nitrogens with zero attached hydrogens (tertiary/aromatic N) is 3. The molecule has 1 N–H and O–H groups in total. The molecule has 0 saturated carbocycles. The molecule has 0 unspecified atom stereocenters. The Balaban J connectivity index is 2.02. The van der Waals surface area contributed by atoms with Crippen LogP contribution >= 0.6 is 23.2 Å². The SMILES string of the molecule is O=C(Nc1c(Cl)ncnc1Cl)c1cccc2ncccc12. The second-order valence-electron chi connectivity index (χ2n) is 4.16. The summed E-state index contributed by atoms with van der Waals surface area (Å²) in [5.74, 6) is -0.354. The van der Waals surface area contributed by atoms with Crippen molar-refractivity contribution in [1.29, 1.82) is 0 Å². The molecule has 21 heavy (non-hydrogen) atoms. The van der Waals surface area contributed by atoms with Crippen LogP contribution < -0.4 is 5.32 Å². The fraction of sp³-hybridized carbons (Fsp3) is 0. The van der Waals surface area contributed by atoms with Crippen LogP contribution in [0.4, 0.5) is 5.69 Å². The molecule has 2 aromatic heterocycles. The summed E-state index contributed by atoms with van der Waals surface area (Å²) in [6.07, 6.45) is 2.89. The van der Waals surface area contributed by atoms with E-state index in [2.05, 4.69) is 20.3 Å². The Morgan fingerprint density at radius 1 is 1.00 bits per heavy atom. The van der Waals surface area contributed by atoms with Gasteiger partial charge in [0.05, 0.1) is 5.52 Å². The second-order valence-corrected chi connectivity index (χ2v) is 4.88. The summed E-state index contributed by atoms with van der Waals surface area (Å²) < 4.78 is 0. The molecule has 7 heteroatoms. The molecule has 1 amide bonds. The summed E-state index contributed by atoms with van der Waals surface area (Å²) >= 11 is 11.8. The van der Waals surface area contributed by atoms with Gasteiger partial charge in [0.1, 0.15) is 12.0 Å². The first-order chi connectivity index (χ1) is 10.2. The van der Waals surface area contributed by atoms with Crippen LogP contribution in [0.1, 0.15) is 10.4 Å². The molecule has 0 radical (unpaired) electrons. The highest BCUT2D eigenvalue weighted by Gasteiger charge is 2.15. The number of halogens is 2. The first-order valence-electron chi connectivity index (χ1n) is 5.98. The third-order valence-electron chi connectivity index (χ3n) is 2.88. The molecule has 0 fully saturated rings. The number of carbonyl (C=O) groups excluding carboxylic acids is 1. The first-order valence-corrected chi connectivity index (χ1v) is 6.73. The molecule has 3 rings (SSSR count). The van der Waals surface area contributed by atoms with Gasteiger partial charge in [0.2, 0.25) is 0 Å². The average molecular weight is 319 g/mol. The maximum absolute atomic E-state index is 12.4. The zero-order valence-corrected chi connectivity index (χ0v) is 12.1. The lowest BCUT2D eigenvalue weighted by Crippen LogP contribution is -2.14. The number of carbonyl (C=O) groups is 1. The van der Waals surface area contributed by atoms with Crippen LogP contribution in [0.25, 0.3) is 10.9 Å². The van der Waals surface area contributed by atoms with Crippen molar-refractivity contribution in [1.82, 2.24) is 15.0 Å². The van der Waals surface area contributed by atoms with Crippen LogP contribution in [0.5, 0.6) is 0 Å². The molecule has 104 valence electrons. The third-order valence-corrected chi connectivity index (χ3v) is 3.46. The monoisotopic (exact) mass is 318 g/mol. The van der Waals surface area contributed by atoms with Crippen LogP contribution in [0.15, 0.2) is 42.9 Å². The smallest absolute Gasteiger partial charge is 0.256 e. The fourth-order valence-electron chi connectivity index (χ4n) is 1.93. The Morgan fingerprint density at radius 3 is 2.52 bits per heavy atom. The van der Waals surface area contributed by atoms with E-state index in [0.717, 1.165) is 10.9 Å². The van der Waals surface area contributed by atoms with Gasteiger partial charge in [-0.1, -0.05) is 35.3 Å². The molecule has 0 atom stereocenters. The zero-order valence-electron chi connectivity index (χ0n) is 10.5. The molecule has 2 heterocycles. The molecular weight excluding hydrogens is 311 g/mol. The van der Waals surface area contributed by atoms with E-state index in [1.807, 2.05) is 12.1 Å². The topological polar surface area (TPSA) is 67.8 Å². The quantitative estimate of drug-likeness (QED) is 0.733. The fourth-order valence-corrected chi connectivity index (χ4v) is 2.34. The molecule has 1 aromatic carbocycles. The van der Waals surface area contributed by atoms with Crippen molar-refractivity contribution in [3.8, 4) is 0 Å². The Labute approximate surface area is 130 Å². The van der Waals surface area contributed by atoms with E-state index in [1.54, 1.807) is 24.4 Å². The van der Waals surface area contributed by atoms with Gasteiger partial charge < -0.3 is 5.32 Å². The summed E-state index contributed by atoms with van der Waals surface area (Å²) in [6.45, 7) is 0. The lowest BCUT2D eigenvalue weighted by molar-refractivity contribution is 0.102. The number of aromatic nitrogens is 3. The van der Waals surface area contributed by atoms with Crippen molar-refractivity contribution >= 4 is 45.7 Å². The van der Waals surface area contributed by atoms with Crippen molar-refractivity contribution in [2.24, 2.45) is 0 Å². The summed E-state index contributed by atoms with van der Waals surface area (Å²) in [5, 5.41) is 3.54. The maximum Gasteiger partial charge on any atom is 0.256 e. The van der Waals surface area contributed by atoms with Crippen LogP contribution in [-0.4, -0.2) is 20.9 Å². The standard InChI is InChI=1S/C14H8Cl2N4O/c15-12-11(13(16)19-7-18-12)20-14(21)9-3-1-5-10-8(9)4-2-6-17-10/h1-7H,(H,20,21). The Bertz CT molecular complexity index is 813. The predicted molar refractivity (Wildman–Crippen MR) is 81.7 cm³/mol. The molecule has 0 aliphatic carbocycles. The van der Waals surface area contributed by atoms with E-state index < -0.39 is 0 Å². The average Bonchev–Trinajstić information content (AvgIpc) is 2.50. The number of rotatable bonds is 2. The molecule has 5 nitrogen and oxygen atoms in total. The van der Waals surface area contributed by atoms with Crippen LogP contribution in [0.2, 0.25) is 10.3 Å². The van der Waals surface area contributed by atoms with Gasteiger partial charge in [0, 0.05) is 17.1 Å². The minimum atomic E-state index is -0.354. The molecule has 0 aliphatic heterocycles. The number of hydrogen-bond acceptors (Lipinski definition) is 4. The number of hydrogen-bond donors (Lipinski definition) is 1. The first kappa shape index (κ1) is 13.7. The molecular formula is C14H8Cl2N4O. The van der Waals surface area contributed by atoms with E-state index in [-0.39, 0.29) is 21.9 Å². The van der Waals surface area contributed by atoms with Gasteiger partial charge >= 0.3 is 0 Å². The molecule has 0 spiro atoms. The van der Waals surface area contributed by atoms with E-state index in [4.69, 9.17) is 23.2 Å². The zero-order chi connectivity index (χ0) is 14.8. The largest absolute Gasteiger partial charge is 0.317 e. The van der Waals surface area contributed by atoms with Crippen molar-refractivity contribution in [3.05, 3.63) is 58.7 Å². The van der Waals surface area contributed by atoms with Gasteiger partial charge in [-0.05, 0) is 18.2 Å². The Hall–Kier alpha value is -2.24. The molecule has 0 saturated heterocycles. The number of anilines is 1. The summed E-state index contributed by atoms with van der Waals surface area (Å²) in [4.78, 5) is 24.2. The summed E-state index contributed by atoms with van der Waals surface area (Å²) in [7, 11) is 0. The van der Waals surface area contributed by atoms with E-state index in [0.29, 0.717) is 5.56 Å². The maximum atomic E-state index is 12.4. The highest BCUT2D eigenvalue weighted by Crippen LogP contribution is 2.27. The summed E-state index contributed by atoms with van der Waals surface area (Å²) in [6, 6.07) is 8.88. The number of pyridine rings is 1. The lowest BCUT2D eigenvalue weighted by Gasteiger charge is -2.09. The highest BCUT2D eigenvalue weighted by molar-refractivity contribution is 6.38. The number of amides is 1.